The van der Waals surface area contributed by atoms with Gasteiger partial charge in [-0.2, -0.15) is 0 Å². The third-order valence-electron chi connectivity index (χ3n) is 4.02. The minimum atomic E-state index is -3.35. The summed E-state index contributed by atoms with van der Waals surface area (Å²) in [4.78, 5) is 24.6. The number of ether oxygens (including phenoxy) is 2. The first kappa shape index (κ1) is 22.2. The summed E-state index contributed by atoms with van der Waals surface area (Å²) in [6, 6.07) is 10.1. The van der Waals surface area contributed by atoms with E-state index in [4.69, 9.17) is 9.47 Å². The van der Waals surface area contributed by atoms with Crippen molar-refractivity contribution in [2.45, 2.75) is 24.7 Å². The van der Waals surface area contributed by atoms with Gasteiger partial charge in [-0.05, 0) is 48.9 Å². The van der Waals surface area contributed by atoms with E-state index in [2.05, 4.69) is 17.8 Å². The second-order valence-corrected chi connectivity index (χ2v) is 8.29. The summed E-state index contributed by atoms with van der Waals surface area (Å²) in [6.45, 7) is 2.61. The molecule has 0 saturated heterocycles. The third kappa shape index (κ3) is 6.21. The number of hydrogen-bond donors (Lipinski definition) is 2. The Balaban J connectivity index is 2.00. The quantitative estimate of drug-likeness (QED) is 0.501. The van der Waals surface area contributed by atoms with Gasteiger partial charge < -0.3 is 9.47 Å². The van der Waals surface area contributed by atoms with E-state index in [0.29, 0.717) is 18.1 Å². The number of hydrazine groups is 1. The molecule has 0 aliphatic heterocycles. The molecule has 2 aromatic carbocycles. The Hall–Kier alpha value is -3.07. The smallest absolute Gasteiger partial charge is 0.269 e. The van der Waals surface area contributed by atoms with Gasteiger partial charge in [-0.25, -0.2) is 8.42 Å². The zero-order valence-electron chi connectivity index (χ0n) is 16.5. The fraction of sp³-hybridized carbons (Fsp3) is 0.300. The lowest BCUT2D eigenvalue weighted by Crippen LogP contribution is -2.41. The summed E-state index contributed by atoms with van der Waals surface area (Å²) in [5.41, 5.74) is 5.08. The van der Waals surface area contributed by atoms with Crippen LogP contribution in [0, 0.1) is 0 Å². The third-order valence-corrected chi connectivity index (χ3v) is 5.14. The molecule has 0 heterocycles. The van der Waals surface area contributed by atoms with Gasteiger partial charge in [0.05, 0.1) is 18.6 Å². The van der Waals surface area contributed by atoms with E-state index in [1.54, 1.807) is 12.1 Å². The van der Waals surface area contributed by atoms with Crippen molar-refractivity contribution in [2.75, 3.05) is 20.0 Å². The minimum Gasteiger partial charge on any atom is -0.493 e. The molecule has 0 unspecified atom stereocenters. The molecular formula is C20H24N2O6S. The fourth-order valence-electron chi connectivity index (χ4n) is 2.37. The van der Waals surface area contributed by atoms with Gasteiger partial charge in [-0.1, -0.05) is 13.3 Å². The first-order chi connectivity index (χ1) is 13.8. The largest absolute Gasteiger partial charge is 0.493 e. The predicted molar refractivity (Wildman–Crippen MR) is 108 cm³/mol. The minimum absolute atomic E-state index is 0.103. The van der Waals surface area contributed by atoms with Crippen molar-refractivity contribution in [2.24, 2.45) is 0 Å². The molecule has 0 aliphatic rings. The molecule has 0 radical (unpaired) electrons. The standard InChI is InChI=1S/C20H24N2O6S/c1-4-5-12-28-17-11-8-15(13-18(17)27-2)20(24)22-21-19(23)14-6-9-16(10-7-14)29(3,25)26/h6-11,13H,4-5,12H2,1-3H3,(H,21,23)(H,22,24). The molecule has 2 aromatic rings. The Morgan fingerprint density at radius 3 is 2.07 bits per heavy atom. The van der Waals surface area contributed by atoms with Crippen LogP contribution in [0.25, 0.3) is 0 Å². The van der Waals surface area contributed by atoms with E-state index in [9.17, 15) is 18.0 Å². The van der Waals surface area contributed by atoms with Gasteiger partial charge in [0.2, 0.25) is 0 Å². The average Bonchev–Trinajstić information content (AvgIpc) is 2.71. The van der Waals surface area contributed by atoms with Crippen molar-refractivity contribution in [1.29, 1.82) is 0 Å². The molecule has 9 heteroatoms. The lowest BCUT2D eigenvalue weighted by Gasteiger charge is -2.12. The van der Waals surface area contributed by atoms with Gasteiger partial charge in [0.15, 0.2) is 21.3 Å². The summed E-state index contributed by atoms with van der Waals surface area (Å²) < 4.78 is 33.8. The van der Waals surface area contributed by atoms with Crippen LogP contribution in [0.3, 0.4) is 0 Å². The molecule has 2 N–H and O–H groups in total. The number of carbonyl (C=O) groups is 2. The molecule has 0 bridgehead atoms. The molecule has 0 atom stereocenters. The van der Waals surface area contributed by atoms with E-state index in [1.165, 1.54) is 37.4 Å². The number of amides is 2. The first-order valence-electron chi connectivity index (χ1n) is 8.98. The number of unbranched alkanes of at least 4 members (excludes halogenated alkanes) is 1. The molecule has 0 aliphatic carbocycles. The first-order valence-corrected chi connectivity index (χ1v) is 10.9. The van der Waals surface area contributed by atoms with Crippen LogP contribution in [0.5, 0.6) is 11.5 Å². The molecular weight excluding hydrogens is 396 g/mol. The van der Waals surface area contributed by atoms with E-state index in [1.807, 2.05) is 0 Å². The van der Waals surface area contributed by atoms with Crippen molar-refractivity contribution in [1.82, 2.24) is 10.9 Å². The van der Waals surface area contributed by atoms with Crippen LogP contribution in [0.2, 0.25) is 0 Å². The van der Waals surface area contributed by atoms with E-state index in [0.717, 1.165) is 19.1 Å². The Labute approximate surface area is 170 Å². The molecule has 29 heavy (non-hydrogen) atoms. The van der Waals surface area contributed by atoms with Gasteiger partial charge in [0.1, 0.15) is 0 Å². The number of benzene rings is 2. The van der Waals surface area contributed by atoms with Crippen LogP contribution in [0.4, 0.5) is 0 Å². The number of methoxy groups -OCH3 is 1. The van der Waals surface area contributed by atoms with Crippen LogP contribution in [-0.4, -0.2) is 40.2 Å². The number of rotatable bonds is 8. The summed E-state index contributed by atoms with van der Waals surface area (Å²) in [5.74, 6) is -0.168. The number of sulfone groups is 1. The lowest BCUT2D eigenvalue weighted by molar-refractivity contribution is 0.0846. The molecule has 8 nitrogen and oxygen atoms in total. The van der Waals surface area contributed by atoms with Crippen LogP contribution < -0.4 is 20.3 Å². The van der Waals surface area contributed by atoms with E-state index >= 15 is 0 Å². The molecule has 2 amide bonds. The van der Waals surface area contributed by atoms with Gasteiger partial charge in [-0.15, -0.1) is 0 Å². The van der Waals surface area contributed by atoms with Gasteiger partial charge in [-0.3, -0.25) is 20.4 Å². The van der Waals surface area contributed by atoms with E-state index < -0.39 is 21.7 Å². The summed E-state index contributed by atoms with van der Waals surface area (Å²) in [5, 5.41) is 0. The topological polar surface area (TPSA) is 111 Å². The average molecular weight is 420 g/mol. The van der Waals surface area contributed by atoms with Crippen molar-refractivity contribution in [3.63, 3.8) is 0 Å². The molecule has 0 aromatic heterocycles. The highest BCUT2D eigenvalue weighted by molar-refractivity contribution is 7.90. The van der Waals surface area contributed by atoms with Crippen LogP contribution >= 0.6 is 0 Å². The highest BCUT2D eigenvalue weighted by atomic mass is 32.2. The Morgan fingerprint density at radius 1 is 0.931 bits per heavy atom. The summed E-state index contributed by atoms with van der Waals surface area (Å²) >= 11 is 0. The monoisotopic (exact) mass is 420 g/mol. The molecule has 156 valence electrons. The zero-order chi connectivity index (χ0) is 21.4. The SMILES string of the molecule is CCCCOc1ccc(C(=O)NNC(=O)c2ccc(S(C)(=O)=O)cc2)cc1OC. The Bertz CT molecular complexity index is 971. The maximum atomic E-state index is 12.3. The maximum Gasteiger partial charge on any atom is 0.269 e. The summed E-state index contributed by atoms with van der Waals surface area (Å²) in [7, 11) is -1.87. The van der Waals surface area contributed by atoms with Gasteiger partial charge >= 0.3 is 0 Å². The van der Waals surface area contributed by atoms with Crippen molar-refractivity contribution in [3.8, 4) is 11.5 Å². The zero-order valence-corrected chi connectivity index (χ0v) is 17.3. The van der Waals surface area contributed by atoms with Gasteiger partial charge in [0, 0.05) is 17.4 Å². The van der Waals surface area contributed by atoms with Crippen LogP contribution in [0.15, 0.2) is 47.4 Å². The van der Waals surface area contributed by atoms with Crippen molar-refractivity contribution < 1.29 is 27.5 Å². The normalized spacial score (nSPS) is 10.9. The van der Waals surface area contributed by atoms with E-state index in [-0.39, 0.29) is 16.0 Å². The summed E-state index contributed by atoms with van der Waals surface area (Å²) in [6.07, 6.45) is 2.98. The molecule has 0 fully saturated rings. The number of carbonyl (C=O) groups excluding carboxylic acids is 2. The second kappa shape index (κ2) is 9.92. The molecule has 0 saturated carbocycles. The highest BCUT2D eigenvalue weighted by Gasteiger charge is 2.14. The number of nitrogens with one attached hydrogen (secondary N) is 2. The lowest BCUT2D eigenvalue weighted by atomic mass is 10.2. The second-order valence-electron chi connectivity index (χ2n) is 6.27. The molecule has 0 spiro atoms. The highest BCUT2D eigenvalue weighted by Crippen LogP contribution is 2.28. The van der Waals surface area contributed by atoms with Crippen LogP contribution in [0.1, 0.15) is 40.5 Å². The van der Waals surface area contributed by atoms with Gasteiger partial charge in [0.25, 0.3) is 11.8 Å². The number of hydrogen-bond acceptors (Lipinski definition) is 6. The Kier molecular flexibility index (Phi) is 7.60. The van der Waals surface area contributed by atoms with Crippen molar-refractivity contribution in [3.05, 3.63) is 53.6 Å². The Morgan fingerprint density at radius 2 is 1.52 bits per heavy atom. The maximum absolute atomic E-state index is 12.3. The molecule has 2 rings (SSSR count). The van der Waals surface area contributed by atoms with Crippen molar-refractivity contribution >= 4 is 21.7 Å². The fourth-order valence-corrected chi connectivity index (χ4v) is 3.00. The van der Waals surface area contributed by atoms with Crippen LogP contribution in [-0.2, 0) is 9.84 Å². The predicted octanol–water partition coefficient (Wildman–Crippen LogP) is 2.35.